The van der Waals surface area contributed by atoms with Gasteiger partial charge in [0.15, 0.2) is 0 Å². The molecule has 3 atom stereocenters. The second-order valence-corrected chi connectivity index (χ2v) is 5.23. The molecule has 0 saturated heterocycles. The van der Waals surface area contributed by atoms with Gasteiger partial charge in [-0.15, -0.1) is 0 Å². The van der Waals surface area contributed by atoms with E-state index in [0.29, 0.717) is 6.04 Å². The second-order valence-electron chi connectivity index (χ2n) is 5.23. The molecule has 0 aromatic heterocycles. The van der Waals surface area contributed by atoms with Crippen LogP contribution < -0.4 is 5.73 Å². The van der Waals surface area contributed by atoms with E-state index >= 15 is 0 Å². The Hall–Kier alpha value is -0.0800. The van der Waals surface area contributed by atoms with Crippen molar-refractivity contribution in [2.75, 3.05) is 13.2 Å². The summed E-state index contributed by atoms with van der Waals surface area (Å²) in [5.74, 6) is 1.70. The number of hydrogen-bond acceptors (Lipinski definition) is 2. The predicted octanol–water partition coefficient (Wildman–Crippen LogP) is 3.35. The fourth-order valence-electron chi connectivity index (χ4n) is 2.98. The lowest BCUT2D eigenvalue weighted by atomic mass is 9.75. The van der Waals surface area contributed by atoms with Crippen LogP contribution in [0.15, 0.2) is 0 Å². The van der Waals surface area contributed by atoms with Crippen molar-refractivity contribution in [3.05, 3.63) is 0 Å². The van der Waals surface area contributed by atoms with Crippen molar-refractivity contribution in [3.8, 4) is 0 Å². The van der Waals surface area contributed by atoms with Crippen LogP contribution in [0.5, 0.6) is 0 Å². The monoisotopic (exact) mass is 227 g/mol. The average molecular weight is 227 g/mol. The zero-order chi connectivity index (χ0) is 11.8. The van der Waals surface area contributed by atoms with Crippen molar-refractivity contribution in [3.63, 3.8) is 0 Å². The lowest BCUT2D eigenvalue weighted by Gasteiger charge is -2.34. The normalized spacial score (nSPS) is 30.6. The Morgan fingerprint density at radius 3 is 2.69 bits per heavy atom. The van der Waals surface area contributed by atoms with E-state index in [-0.39, 0.29) is 0 Å². The van der Waals surface area contributed by atoms with Gasteiger partial charge in [0, 0.05) is 19.3 Å². The Morgan fingerprint density at radius 1 is 1.19 bits per heavy atom. The SMILES string of the molecule is CCCC1CCC(N)C(CCCOCC)C1. The number of hydrogen-bond donors (Lipinski definition) is 1. The summed E-state index contributed by atoms with van der Waals surface area (Å²) in [4.78, 5) is 0. The van der Waals surface area contributed by atoms with Crippen LogP contribution in [0, 0.1) is 11.8 Å². The summed E-state index contributed by atoms with van der Waals surface area (Å²) in [7, 11) is 0. The highest BCUT2D eigenvalue weighted by Crippen LogP contribution is 2.33. The van der Waals surface area contributed by atoms with E-state index in [9.17, 15) is 0 Å². The van der Waals surface area contributed by atoms with Crippen LogP contribution in [0.1, 0.15) is 58.8 Å². The van der Waals surface area contributed by atoms with Crippen molar-refractivity contribution in [2.24, 2.45) is 17.6 Å². The van der Waals surface area contributed by atoms with Gasteiger partial charge in [-0.3, -0.25) is 0 Å². The van der Waals surface area contributed by atoms with Crippen LogP contribution in [-0.2, 0) is 4.74 Å². The molecule has 96 valence electrons. The van der Waals surface area contributed by atoms with Gasteiger partial charge >= 0.3 is 0 Å². The maximum atomic E-state index is 6.21. The zero-order valence-electron chi connectivity index (χ0n) is 11.1. The first kappa shape index (κ1) is 14.0. The quantitative estimate of drug-likeness (QED) is 0.677. The summed E-state index contributed by atoms with van der Waals surface area (Å²) < 4.78 is 5.39. The average Bonchev–Trinajstić information content (AvgIpc) is 2.29. The molecule has 0 spiro atoms. The maximum Gasteiger partial charge on any atom is 0.0466 e. The molecular formula is C14H29NO. The van der Waals surface area contributed by atoms with E-state index in [4.69, 9.17) is 10.5 Å². The van der Waals surface area contributed by atoms with E-state index < -0.39 is 0 Å². The molecule has 0 radical (unpaired) electrons. The molecular weight excluding hydrogens is 198 g/mol. The summed E-state index contributed by atoms with van der Waals surface area (Å²) in [6, 6.07) is 0.453. The molecule has 16 heavy (non-hydrogen) atoms. The fraction of sp³-hybridized carbons (Fsp3) is 1.00. The molecule has 0 aliphatic heterocycles. The van der Waals surface area contributed by atoms with Gasteiger partial charge in [-0.05, 0) is 50.9 Å². The fourth-order valence-corrected chi connectivity index (χ4v) is 2.98. The van der Waals surface area contributed by atoms with Gasteiger partial charge in [-0.2, -0.15) is 0 Å². The van der Waals surface area contributed by atoms with Crippen molar-refractivity contribution < 1.29 is 4.74 Å². The highest BCUT2D eigenvalue weighted by Gasteiger charge is 2.26. The summed E-state index contributed by atoms with van der Waals surface area (Å²) in [5, 5.41) is 0. The molecule has 2 nitrogen and oxygen atoms in total. The molecule has 2 N–H and O–H groups in total. The standard InChI is InChI=1S/C14H29NO/c1-3-6-12-8-9-14(15)13(11-12)7-5-10-16-4-2/h12-14H,3-11,15H2,1-2H3. The molecule has 1 rings (SSSR count). The largest absolute Gasteiger partial charge is 0.382 e. The minimum Gasteiger partial charge on any atom is -0.382 e. The van der Waals surface area contributed by atoms with Crippen LogP contribution in [0.3, 0.4) is 0 Å². The molecule has 0 heterocycles. The summed E-state index contributed by atoms with van der Waals surface area (Å²) in [5.41, 5.74) is 6.21. The van der Waals surface area contributed by atoms with Crippen molar-refractivity contribution in [1.82, 2.24) is 0 Å². The van der Waals surface area contributed by atoms with E-state index in [1.807, 2.05) is 0 Å². The lowest BCUT2D eigenvalue weighted by molar-refractivity contribution is 0.129. The Kier molecular flexibility index (Phi) is 7.06. The second kappa shape index (κ2) is 8.08. The molecule has 1 fully saturated rings. The Balaban J connectivity index is 2.21. The first-order chi connectivity index (χ1) is 7.77. The van der Waals surface area contributed by atoms with Crippen LogP contribution in [0.25, 0.3) is 0 Å². The Morgan fingerprint density at radius 2 is 2.00 bits per heavy atom. The molecule has 0 bridgehead atoms. The predicted molar refractivity (Wildman–Crippen MR) is 69.4 cm³/mol. The van der Waals surface area contributed by atoms with E-state index in [0.717, 1.165) is 25.0 Å². The highest BCUT2D eigenvalue weighted by atomic mass is 16.5. The summed E-state index contributed by atoms with van der Waals surface area (Å²) in [6.45, 7) is 6.11. The third-order valence-electron chi connectivity index (χ3n) is 3.91. The molecule has 0 amide bonds. The minimum atomic E-state index is 0.453. The first-order valence-corrected chi connectivity index (χ1v) is 7.11. The number of ether oxygens (including phenoxy) is 1. The van der Waals surface area contributed by atoms with Gasteiger partial charge in [0.1, 0.15) is 0 Å². The van der Waals surface area contributed by atoms with Gasteiger partial charge in [0.2, 0.25) is 0 Å². The van der Waals surface area contributed by atoms with Gasteiger partial charge in [-0.1, -0.05) is 19.8 Å². The lowest BCUT2D eigenvalue weighted by Crippen LogP contribution is -2.36. The molecule has 3 unspecified atom stereocenters. The Labute approximate surface area is 101 Å². The summed E-state index contributed by atoms with van der Waals surface area (Å²) in [6.07, 6.45) is 9.13. The topological polar surface area (TPSA) is 35.2 Å². The molecule has 2 heteroatoms. The number of nitrogens with two attached hydrogens (primary N) is 1. The van der Waals surface area contributed by atoms with Gasteiger partial charge < -0.3 is 10.5 Å². The summed E-state index contributed by atoms with van der Waals surface area (Å²) >= 11 is 0. The van der Waals surface area contributed by atoms with E-state index in [2.05, 4.69) is 13.8 Å². The van der Waals surface area contributed by atoms with Gasteiger partial charge in [0.25, 0.3) is 0 Å². The van der Waals surface area contributed by atoms with Crippen molar-refractivity contribution >= 4 is 0 Å². The number of rotatable bonds is 7. The van der Waals surface area contributed by atoms with Crippen LogP contribution in [0.4, 0.5) is 0 Å². The zero-order valence-corrected chi connectivity index (χ0v) is 11.1. The van der Waals surface area contributed by atoms with Crippen LogP contribution in [0.2, 0.25) is 0 Å². The van der Waals surface area contributed by atoms with Crippen LogP contribution in [-0.4, -0.2) is 19.3 Å². The highest BCUT2D eigenvalue weighted by molar-refractivity contribution is 4.82. The van der Waals surface area contributed by atoms with Gasteiger partial charge in [-0.25, -0.2) is 0 Å². The van der Waals surface area contributed by atoms with Gasteiger partial charge in [0.05, 0.1) is 0 Å². The minimum absolute atomic E-state index is 0.453. The third-order valence-corrected chi connectivity index (χ3v) is 3.91. The molecule has 0 aromatic carbocycles. The molecule has 1 saturated carbocycles. The van der Waals surface area contributed by atoms with E-state index in [1.54, 1.807) is 0 Å². The van der Waals surface area contributed by atoms with Crippen molar-refractivity contribution in [2.45, 2.75) is 64.8 Å². The molecule has 1 aliphatic carbocycles. The smallest absolute Gasteiger partial charge is 0.0466 e. The maximum absolute atomic E-state index is 6.21. The molecule has 0 aromatic rings. The molecule has 1 aliphatic rings. The van der Waals surface area contributed by atoms with Crippen molar-refractivity contribution in [1.29, 1.82) is 0 Å². The van der Waals surface area contributed by atoms with Crippen LogP contribution >= 0.6 is 0 Å². The Bertz CT molecular complexity index is 172. The van der Waals surface area contributed by atoms with E-state index in [1.165, 1.54) is 44.9 Å². The third kappa shape index (κ3) is 4.84. The first-order valence-electron chi connectivity index (χ1n) is 7.11.